The summed E-state index contributed by atoms with van der Waals surface area (Å²) in [7, 11) is 0. The molecule has 18 heavy (non-hydrogen) atoms. The summed E-state index contributed by atoms with van der Waals surface area (Å²) in [5, 5.41) is 8.82. The van der Waals surface area contributed by atoms with Gasteiger partial charge in [-0.05, 0) is 24.6 Å². The average molecular weight is 272 g/mol. The fourth-order valence-corrected chi connectivity index (χ4v) is 2.58. The number of carboxylic acid groups (broad SMARTS) is 1. The molecule has 0 aliphatic rings. The number of aryl methyl sites for hydroxylation is 1. The maximum absolute atomic E-state index is 13.6. The molecule has 0 atom stereocenters. The van der Waals surface area contributed by atoms with Crippen LogP contribution in [0, 0.1) is 24.4 Å². The number of carboxylic acids is 1. The highest BCUT2D eigenvalue weighted by Crippen LogP contribution is 2.34. The van der Waals surface area contributed by atoms with Gasteiger partial charge in [-0.2, -0.15) is 0 Å². The number of halogens is 3. The number of hydrogen-bond donors (Lipinski definition) is 1. The molecule has 0 amide bonds. The van der Waals surface area contributed by atoms with Crippen LogP contribution in [-0.2, 0) is 0 Å². The molecule has 1 N–H and O–H groups in total. The topological polar surface area (TPSA) is 37.3 Å². The molecule has 0 radical (unpaired) electrons. The number of hydrogen-bond acceptors (Lipinski definition) is 2. The maximum atomic E-state index is 13.6. The molecule has 1 heterocycles. The SMILES string of the molecule is Cc1cc(C(=O)O)sc1-c1cc(F)c(F)cc1F. The van der Waals surface area contributed by atoms with Gasteiger partial charge in [-0.1, -0.05) is 0 Å². The molecule has 6 heteroatoms. The van der Waals surface area contributed by atoms with Crippen LogP contribution < -0.4 is 0 Å². The van der Waals surface area contributed by atoms with Crippen molar-refractivity contribution in [3.8, 4) is 10.4 Å². The van der Waals surface area contributed by atoms with Crippen molar-refractivity contribution in [3.63, 3.8) is 0 Å². The first-order valence-electron chi connectivity index (χ1n) is 4.88. The summed E-state index contributed by atoms with van der Waals surface area (Å²) < 4.78 is 39.5. The van der Waals surface area contributed by atoms with Crippen molar-refractivity contribution in [1.82, 2.24) is 0 Å². The molecule has 2 aromatic rings. The Labute approximate surface area is 104 Å². The van der Waals surface area contributed by atoms with E-state index in [0.29, 0.717) is 11.6 Å². The fraction of sp³-hybridized carbons (Fsp3) is 0.0833. The van der Waals surface area contributed by atoms with Gasteiger partial charge in [0.05, 0.1) is 0 Å². The number of thiophene rings is 1. The zero-order valence-electron chi connectivity index (χ0n) is 9.13. The summed E-state index contributed by atoms with van der Waals surface area (Å²) >= 11 is 0.821. The molecule has 0 bridgehead atoms. The zero-order chi connectivity index (χ0) is 13.4. The first-order valence-corrected chi connectivity index (χ1v) is 5.70. The van der Waals surface area contributed by atoms with Gasteiger partial charge in [-0.15, -0.1) is 11.3 Å². The second-order valence-electron chi connectivity index (χ2n) is 3.67. The quantitative estimate of drug-likeness (QED) is 0.843. The molecule has 0 saturated carbocycles. The molecule has 0 fully saturated rings. The van der Waals surface area contributed by atoms with Gasteiger partial charge >= 0.3 is 5.97 Å². The molecule has 94 valence electrons. The van der Waals surface area contributed by atoms with Crippen molar-refractivity contribution in [2.24, 2.45) is 0 Å². The molecule has 0 saturated heterocycles. The van der Waals surface area contributed by atoms with Crippen LogP contribution in [0.2, 0.25) is 0 Å². The summed E-state index contributed by atoms with van der Waals surface area (Å²) in [6.07, 6.45) is 0. The molecule has 0 spiro atoms. The number of rotatable bonds is 2. The first kappa shape index (κ1) is 12.6. The molecule has 2 rings (SSSR count). The number of carbonyl (C=O) groups is 1. The minimum absolute atomic E-state index is 0.0200. The number of benzene rings is 1. The van der Waals surface area contributed by atoms with Crippen LogP contribution in [0.1, 0.15) is 15.2 Å². The third-order valence-electron chi connectivity index (χ3n) is 2.38. The van der Waals surface area contributed by atoms with Gasteiger partial charge in [0.25, 0.3) is 0 Å². The van der Waals surface area contributed by atoms with Crippen LogP contribution in [0.15, 0.2) is 18.2 Å². The maximum Gasteiger partial charge on any atom is 0.345 e. The molecular formula is C12H7F3O2S. The molecule has 2 nitrogen and oxygen atoms in total. The summed E-state index contributed by atoms with van der Waals surface area (Å²) in [4.78, 5) is 11.1. The van der Waals surface area contributed by atoms with E-state index in [9.17, 15) is 18.0 Å². The van der Waals surface area contributed by atoms with Crippen molar-refractivity contribution < 1.29 is 23.1 Å². The standard InChI is InChI=1S/C12H7F3O2S/c1-5-2-10(12(16)17)18-11(5)6-3-8(14)9(15)4-7(6)13/h2-4H,1H3,(H,16,17). The van der Waals surface area contributed by atoms with Crippen LogP contribution in [0.25, 0.3) is 10.4 Å². The monoisotopic (exact) mass is 272 g/mol. The van der Waals surface area contributed by atoms with Gasteiger partial charge in [-0.25, -0.2) is 18.0 Å². The largest absolute Gasteiger partial charge is 0.477 e. The van der Waals surface area contributed by atoms with Crippen LogP contribution in [0.4, 0.5) is 13.2 Å². The molecule has 1 aromatic heterocycles. The second-order valence-corrected chi connectivity index (χ2v) is 4.73. The van der Waals surface area contributed by atoms with E-state index in [-0.39, 0.29) is 15.3 Å². The summed E-state index contributed by atoms with van der Waals surface area (Å²) in [6, 6.07) is 2.54. The highest BCUT2D eigenvalue weighted by Gasteiger charge is 2.17. The lowest BCUT2D eigenvalue weighted by Gasteiger charge is -2.03. The Morgan fingerprint density at radius 2 is 1.72 bits per heavy atom. The van der Waals surface area contributed by atoms with E-state index in [1.807, 2.05) is 0 Å². The van der Waals surface area contributed by atoms with Crippen LogP contribution >= 0.6 is 11.3 Å². The van der Waals surface area contributed by atoms with E-state index in [1.54, 1.807) is 6.92 Å². The number of aromatic carboxylic acids is 1. The van der Waals surface area contributed by atoms with E-state index in [2.05, 4.69) is 0 Å². The fourth-order valence-electron chi connectivity index (χ4n) is 1.55. The van der Waals surface area contributed by atoms with Crippen molar-refractivity contribution >= 4 is 17.3 Å². The average Bonchev–Trinajstić information content (AvgIpc) is 2.66. The van der Waals surface area contributed by atoms with Gasteiger partial charge in [0, 0.05) is 16.5 Å². The van der Waals surface area contributed by atoms with Crippen molar-refractivity contribution in [3.05, 3.63) is 46.1 Å². The molecular weight excluding hydrogens is 265 g/mol. The highest BCUT2D eigenvalue weighted by molar-refractivity contribution is 7.17. The van der Waals surface area contributed by atoms with Gasteiger partial charge < -0.3 is 5.11 Å². The van der Waals surface area contributed by atoms with Crippen LogP contribution in [-0.4, -0.2) is 11.1 Å². The van der Waals surface area contributed by atoms with Crippen LogP contribution in [0.5, 0.6) is 0 Å². The second kappa shape index (κ2) is 4.45. The van der Waals surface area contributed by atoms with Crippen LogP contribution in [0.3, 0.4) is 0 Å². The molecule has 0 aliphatic heterocycles. The predicted molar refractivity (Wildman–Crippen MR) is 61.3 cm³/mol. The minimum atomic E-state index is -1.27. The van der Waals surface area contributed by atoms with E-state index in [4.69, 9.17) is 5.11 Å². The summed E-state index contributed by atoms with van der Waals surface area (Å²) in [5.74, 6) is -4.51. The summed E-state index contributed by atoms with van der Waals surface area (Å²) in [6.45, 7) is 1.58. The van der Waals surface area contributed by atoms with Gasteiger partial charge in [0.15, 0.2) is 11.6 Å². The van der Waals surface area contributed by atoms with Crippen molar-refractivity contribution in [2.45, 2.75) is 6.92 Å². The predicted octanol–water partition coefficient (Wildman–Crippen LogP) is 3.84. The highest BCUT2D eigenvalue weighted by atomic mass is 32.1. The Kier molecular flexibility index (Phi) is 3.13. The minimum Gasteiger partial charge on any atom is -0.477 e. The molecule has 0 aliphatic carbocycles. The first-order chi connectivity index (χ1) is 8.40. The summed E-state index contributed by atoms with van der Waals surface area (Å²) in [5.41, 5.74) is 0.367. The Morgan fingerprint density at radius 3 is 2.28 bits per heavy atom. The van der Waals surface area contributed by atoms with Crippen molar-refractivity contribution in [2.75, 3.05) is 0 Å². The Balaban J connectivity index is 2.62. The Morgan fingerprint density at radius 1 is 1.11 bits per heavy atom. The van der Waals surface area contributed by atoms with Crippen molar-refractivity contribution in [1.29, 1.82) is 0 Å². The third-order valence-corrected chi connectivity index (χ3v) is 3.64. The third kappa shape index (κ3) is 2.11. The van der Waals surface area contributed by atoms with Gasteiger partial charge in [0.2, 0.25) is 0 Å². The lowest BCUT2D eigenvalue weighted by Crippen LogP contribution is -1.90. The Hall–Kier alpha value is -1.82. The molecule has 1 aromatic carbocycles. The normalized spacial score (nSPS) is 10.7. The van der Waals surface area contributed by atoms with E-state index < -0.39 is 23.4 Å². The van der Waals surface area contributed by atoms with E-state index >= 15 is 0 Å². The smallest absolute Gasteiger partial charge is 0.345 e. The zero-order valence-corrected chi connectivity index (χ0v) is 9.95. The lowest BCUT2D eigenvalue weighted by molar-refractivity contribution is 0.0702. The van der Waals surface area contributed by atoms with E-state index in [1.165, 1.54) is 6.07 Å². The van der Waals surface area contributed by atoms with Gasteiger partial charge in [-0.3, -0.25) is 0 Å². The van der Waals surface area contributed by atoms with E-state index in [0.717, 1.165) is 17.4 Å². The lowest BCUT2D eigenvalue weighted by atomic mass is 10.1. The molecule has 0 unspecified atom stereocenters. The van der Waals surface area contributed by atoms with Gasteiger partial charge in [0.1, 0.15) is 10.7 Å². The Bertz CT molecular complexity index is 634.